The van der Waals surface area contributed by atoms with Crippen molar-refractivity contribution in [2.75, 3.05) is 31.6 Å². The number of anilines is 1. The van der Waals surface area contributed by atoms with Crippen LogP contribution in [-0.2, 0) is 21.3 Å². The summed E-state index contributed by atoms with van der Waals surface area (Å²) in [5.74, 6) is -1.50. The number of morpholine rings is 1. The third-order valence-electron chi connectivity index (χ3n) is 4.65. The van der Waals surface area contributed by atoms with Gasteiger partial charge in [-0.25, -0.2) is 17.5 Å². The molecule has 0 aliphatic carbocycles. The van der Waals surface area contributed by atoms with Crippen LogP contribution in [0.1, 0.15) is 29.8 Å². The Hall–Kier alpha value is -2.33. The molecule has 2 N–H and O–H groups in total. The summed E-state index contributed by atoms with van der Waals surface area (Å²) in [5, 5.41) is 2.72. The second kappa shape index (κ2) is 9.65. The van der Waals surface area contributed by atoms with Crippen molar-refractivity contribution in [3.63, 3.8) is 0 Å². The molecule has 1 aliphatic heterocycles. The summed E-state index contributed by atoms with van der Waals surface area (Å²) < 4.78 is 46.9. The number of nitrogens with zero attached hydrogens (tertiary/aromatic N) is 1. The van der Waals surface area contributed by atoms with Gasteiger partial charge in [0.25, 0.3) is 5.91 Å². The lowest BCUT2D eigenvalue weighted by Gasteiger charge is -2.27. The quantitative estimate of drug-likeness (QED) is 0.698. The van der Waals surface area contributed by atoms with E-state index in [0.717, 1.165) is 36.9 Å². The van der Waals surface area contributed by atoms with Crippen LogP contribution in [0.3, 0.4) is 0 Å². The van der Waals surface area contributed by atoms with Crippen LogP contribution in [0.4, 0.5) is 10.1 Å². The van der Waals surface area contributed by atoms with E-state index < -0.39 is 21.7 Å². The molecule has 1 fully saturated rings. The van der Waals surface area contributed by atoms with Crippen molar-refractivity contribution >= 4 is 21.6 Å². The Morgan fingerprint density at radius 2 is 1.87 bits per heavy atom. The number of rotatable bonds is 7. The fraction of sp³-hybridized carbons (Fsp3) is 0.381. The van der Waals surface area contributed by atoms with Crippen molar-refractivity contribution in [3.8, 4) is 0 Å². The summed E-state index contributed by atoms with van der Waals surface area (Å²) >= 11 is 0. The Labute approximate surface area is 176 Å². The van der Waals surface area contributed by atoms with E-state index in [1.54, 1.807) is 26.0 Å². The van der Waals surface area contributed by atoms with Crippen molar-refractivity contribution < 1.29 is 22.3 Å². The largest absolute Gasteiger partial charge is 0.379 e. The topological polar surface area (TPSA) is 87.7 Å². The van der Waals surface area contributed by atoms with Crippen molar-refractivity contribution in [2.24, 2.45) is 0 Å². The van der Waals surface area contributed by atoms with Gasteiger partial charge in [0.1, 0.15) is 5.82 Å². The highest BCUT2D eigenvalue weighted by Crippen LogP contribution is 2.21. The van der Waals surface area contributed by atoms with E-state index in [0.29, 0.717) is 25.4 Å². The number of benzene rings is 2. The maximum Gasteiger partial charge on any atom is 0.258 e. The van der Waals surface area contributed by atoms with Crippen LogP contribution in [0.2, 0.25) is 0 Å². The zero-order chi connectivity index (χ0) is 21.7. The first-order valence-electron chi connectivity index (χ1n) is 9.77. The Balaban J connectivity index is 1.82. The van der Waals surface area contributed by atoms with Crippen LogP contribution in [0.5, 0.6) is 0 Å². The second-order valence-electron chi connectivity index (χ2n) is 7.42. The molecule has 3 rings (SSSR count). The van der Waals surface area contributed by atoms with Crippen molar-refractivity contribution in [3.05, 3.63) is 59.4 Å². The molecule has 1 amide bonds. The lowest BCUT2D eigenvalue weighted by Crippen LogP contribution is -2.35. The van der Waals surface area contributed by atoms with Crippen molar-refractivity contribution in [2.45, 2.75) is 31.3 Å². The average molecular weight is 436 g/mol. The van der Waals surface area contributed by atoms with Crippen LogP contribution >= 0.6 is 0 Å². The first-order chi connectivity index (χ1) is 14.3. The minimum Gasteiger partial charge on any atom is -0.379 e. The maximum absolute atomic E-state index is 14.3. The predicted octanol–water partition coefficient (Wildman–Crippen LogP) is 2.60. The van der Waals surface area contributed by atoms with E-state index >= 15 is 0 Å². The lowest BCUT2D eigenvalue weighted by atomic mass is 10.1. The summed E-state index contributed by atoms with van der Waals surface area (Å²) in [6, 6.07) is 10.1. The van der Waals surface area contributed by atoms with E-state index in [1.165, 1.54) is 0 Å². The number of hydrogen-bond donors (Lipinski definition) is 2. The molecule has 2 aromatic carbocycles. The van der Waals surface area contributed by atoms with Gasteiger partial charge in [-0.05, 0) is 43.7 Å². The SMILES string of the molecule is CC(C)NS(=O)(=O)c1ccc(F)c(C(=O)Nc2ccccc2CN2CCOCC2)c1. The third kappa shape index (κ3) is 5.63. The number of para-hydroxylation sites is 1. The highest BCUT2D eigenvalue weighted by molar-refractivity contribution is 7.89. The number of carbonyl (C=O) groups excluding carboxylic acids is 1. The molecule has 0 unspecified atom stereocenters. The molecule has 0 radical (unpaired) electrons. The molecule has 1 heterocycles. The minimum atomic E-state index is -3.85. The maximum atomic E-state index is 14.3. The molecule has 0 aromatic heterocycles. The van der Waals surface area contributed by atoms with Crippen LogP contribution in [0.15, 0.2) is 47.4 Å². The number of amides is 1. The zero-order valence-corrected chi connectivity index (χ0v) is 17.8. The van der Waals surface area contributed by atoms with Crippen molar-refractivity contribution in [1.29, 1.82) is 0 Å². The fourth-order valence-corrected chi connectivity index (χ4v) is 4.47. The first kappa shape index (κ1) is 22.4. The summed E-state index contributed by atoms with van der Waals surface area (Å²) in [6.07, 6.45) is 0. The Morgan fingerprint density at radius 1 is 1.17 bits per heavy atom. The molecular weight excluding hydrogens is 409 g/mol. The molecule has 30 heavy (non-hydrogen) atoms. The number of halogens is 1. The van der Waals surface area contributed by atoms with Gasteiger partial charge in [0.15, 0.2) is 0 Å². The van der Waals surface area contributed by atoms with E-state index in [-0.39, 0.29) is 16.5 Å². The van der Waals surface area contributed by atoms with E-state index in [1.807, 2.05) is 12.1 Å². The molecule has 2 aromatic rings. The highest BCUT2D eigenvalue weighted by atomic mass is 32.2. The average Bonchev–Trinajstić information content (AvgIpc) is 2.69. The third-order valence-corrected chi connectivity index (χ3v) is 6.30. The Kier molecular flexibility index (Phi) is 7.19. The Morgan fingerprint density at radius 3 is 2.57 bits per heavy atom. The van der Waals surface area contributed by atoms with Gasteiger partial charge in [-0.3, -0.25) is 9.69 Å². The molecular formula is C21H26FN3O4S. The Bertz CT molecular complexity index is 1010. The fourth-order valence-electron chi connectivity index (χ4n) is 3.19. The standard InChI is InChI=1S/C21H26FN3O4S/c1-15(2)24-30(27,28)17-7-8-19(22)18(13-17)21(26)23-20-6-4-3-5-16(20)14-25-9-11-29-12-10-25/h3-8,13,15,24H,9-12,14H2,1-2H3,(H,23,26). The number of hydrogen-bond acceptors (Lipinski definition) is 5. The molecule has 0 atom stereocenters. The van der Waals surface area contributed by atoms with Gasteiger partial charge in [-0.1, -0.05) is 18.2 Å². The van der Waals surface area contributed by atoms with Crippen LogP contribution in [-0.4, -0.2) is 51.6 Å². The molecule has 0 bridgehead atoms. The highest BCUT2D eigenvalue weighted by Gasteiger charge is 2.21. The van der Waals surface area contributed by atoms with Gasteiger partial charge in [-0.2, -0.15) is 0 Å². The van der Waals surface area contributed by atoms with Gasteiger partial charge in [0.2, 0.25) is 10.0 Å². The van der Waals surface area contributed by atoms with Crippen LogP contribution in [0.25, 0.3) is 0 Å². The van der Waals surface area contributed by atoms with Crippen molar-refractivity contribution in [1.82, 2.24) is 9.62 Å². The van der Waals surface area contributed by atoms with E-state index in [9.17, 15) is 17.6 Å². The number of carbonyl (C=O) groups is 1. The monoisotopic (exact) mass is 435 g/mol. The summed E-state index contributed by atoms with van der Waals surface area (Å²) in [6.45, 7) is 6.88. The number of sulfonamides is 1. The molecule has 0 spiro atoms. The normalized spacial score (nSPS) is 15.3. The molecule has 162 valence electrons. The smallest absolute Gasteiger partial charge is 0.258 e. The zero-order valence-electron chi connectivity index (χ0n) is 17.0. The summed E-state index contributed by atoms with van der Waals surface area (Å²) in [5.41, 5.74) is 1.11. The lowest BCUT2D eigenvalue weighted by molar-refractivity contribution is 0.0342. The van der Waals surface area contributed by atoms with E-state index in [2.05, 4.69) is 14.9 Å². The predicted molar refractivity (Wildman–Crippen MR) is 112 cm³/mol. The molecule has 9 heteroatoms. The summed E-state index contributed by atoms with van der Waals surface area (Å²) in [4.78, 5) is 14.8. The molecule has 0 saturated carbocycles. The second-order valence-corrected chi connectivity index (χ2v) is 9.13. The minimum absolute atomic E-state index is 0.163. The molecule has 1 saturated heterocycles. The molecule has 7 nitrogen and oxygen atoms in total. The first-order valence-corrected chi connectivity index (χ1v) is 11.3. The number of ether oxygens (including phenoxy) is 1. The number of nitrogens with one attached hydrogen (secondary N) is 2. The van der Waals surface area contributed by atoms with Gasteiger partial charge >= 0.3 is 0 Å². The van der Waals surface area contributed by atoms with Gasteiger partial charge < -0.3 is 10.1 Å². The van der Waals surface area contributed by atoms with Gasteiger partial charge in [0, 0.05) is 31.4 Å². The molecule has 1 aliphatic rings. The summed E-state index contributed by atoms with van der Waals surface area (Å²) in [7, 11) is -3.85. The van der Waals surface area contributed by atoms with E-state index in [4.69, 9.17) is 4.74 Å². The van der Waals surface area contributed by atoms with Gasteiger partial charge in [-0.15, -0.1) is 0 Å². The van der Waals surface area contributed by atoms with Crippen LogP contribution in [0, 0.1) is 5.82 Å². The van der Waals surface area contributed by atoms with Gasteiger partial charge in [0.05, 0.1) is 23.7 Å². The van der Waals surface area contributed by atoms with Crippen LogP contribution < -0.4 is 10.0 Å².